The van der Waals surface area contributed by atoms with Gasteiger partial charge >= 0.3 is 0 Å². The first-order valence-corrected chi connectivity index (χ1v) is 8.14. The topological polar surface area (TPSA) is 50.2 Å². The van der Waals surface area contributed by atoms with Gasteiger partial charge in [0.25, 0.3) is 0 Å². The van der Waals surface area contributed by atoms with E-state index in [2.05, 4.69) is 27.3 Å². The van der Waals surface area contributed by atoms with Gasteiger partial charge in [-0.3, -0.25) is 4.79 Å². The van der Waals surface area contributed by atoms with E-state index in [4.69, 9.17) is 0 Å². The van der Waals surface area contributed by atoms with Crippen LogP contribution in [0.1, 0.15) is 11.6 Å². The average Bonchev–Trinajstić information content (AvgIpc) is 2.91. The molecule has 0 bridgehead atoms. The van der Waals surface area contributed by atoms with Gasteiger partial charge in [0, 0.05) is 26.0 Å². The normalized spacial score (nSPS) is 12.4. The minimum absolute atomic E-state index is 0.0239. The van der Waals surface area contributed by atoms with E-state index in [0.717, 1.165) is 5.16 Å². The summed E-state index contributed by atoms with van der Waals surface area (Å²) < 4.78 is 1.91. The first kappa shape index (κ1) is 16.6. The molecule has 1 atom stereocenters. The number of imidazole rings is 1. The molecule has 1 aromatic carbocycles. The molecule has 22 heavy (non-hydrogen) atoms. The maximum atomic E-state index is 12.0. The smallest absolute Gasteiger partial charge is 0.230 e. The van der Waals surface area contributed by atoms with E-state index in [0.29, 0.717) is 12.3 Å². The Morgan fingerprint density at radius 2 is 2.09 bits per heavy atom. The third-order valence-corrected chi connectivity index (χ3v) is 4.47. The summed E-state index contributed by atoms with van der Waals surface area (Å²) in [7, 11) is 5.96. The summed E-state index contributed by atoms with van der Waals surface area (Å²) in [4.78, 5) is 18.3. The van der Waals surface area contributed by atoms with Crippen molar-refractivity contribution in [3.8, 4) is 0 Å². The van der Waals surface area contributed by atoms with Gasteiger partial charge in [0.1, 0.15) is 0 Å². The van der Waals surface area contributed by atoms with E-state index >= 15 is 0 Å². The van der Waals surface area contributed by atoms with E-state index < -0.39 is 0 Å². The lowest BCUT2D eigenvalue weighted by molar-refractivity contribution is -0.118. The number of nitrogens with zero attached hydrogens (tertiary/aromatic N) is 3. The molecule has 6 heteroatoms. The molecule has 0 saturated carbocycles. The number of aromatic nitrogens is 2. The number of carbonyl (C=O) groups excluding carboxylic acids is 1. The Morgan fingerprint density at radius 3 is 2.68 bits per heavy atom. The highest BCUT2D eigenvalue weighted by Gasteiger charge is 2.15. The van der Waals surface area contributed by atoms with Crippen LogP contribution in [0, 0.1) is 0 Å². The zero-order chi connectivity index (χ0) is 15.9. The Hall–Kier alpha value is -1.79. The maximum Gasteiger partial charge on any atom is 0.230 e. The molecular weight excluding hydrogens is 296 g/mol. The van der Waals surface area contributed by atoms with Crippen molar-refractivity contribution in [3.63, 3.8) is 0 Å². The second-order valence-electron chi connectivity index (χ2n) is 5.30. The summed E-state index contributed by atoms with van der Waals surface area (Å²) in [5.41, 5.74) is 1.20. The molecule has 0 spiro atoms. The molecule has 0 aliphatic rings. The molecule has 118 valence electrons. The number of aryl methyl sites for hydroxylation is 1. The van der Waals surface area contributed by atoms with Gasteiger partial charge in [-0.2, -0.15) is 0 Å². The largest absolute Gasteiger partial charge is 0.353 e. The lowest BCUT2D eigenvalue weighted by Crippen LogP contribution is -2.35. The lowest BCUT2D eigenvalue weighted by Gasteiger charge is -2.25. The number of rotatable bonds is 7. The standard InChI is InChI=1S/C16H22N4OS/c1-19(2)14(13-7-5-4-6-8-13)11-18-15(21)12-22-16-17-9-10-20(16)3/h4-10,14H,11-12H2,1-3H3,(H,18,21). The Balaban J connectivity index is 1.84. The van der Waals surface area contributed by atoms with Gasteiger partial charge in [0.15, 0.2) is 5.16 Å². The number of benzene rings is 1. The average molecular weight is 318 g/mol. The predicted octanol–water partition coefficient (Wildman–Crippen LogP) is 1.93. The fourth-order valence-corrected chi connectivity index (χ4v) is 2.92. The van der Waals surface area contributed by atoms with Crippen LogP contribution >= 0.6 is 11.8 Å². The quantitative estimate of drug-likeness (QED) is 0.793. The number of carbonyl (C=O) groups is 1. The van der Waals surface area contributed by atoms with Crippen LogP contribution in [-0.2, 0) is 11.8 Å². The van der Waals surface area contributed by atoms with Crippen molar-refractivity contribution in [1.82, 2.24) is 19.8 Å². The highest BCUT2D eigenvalue weighted by atomic mass is 32.2. The molecule has 1 unspecified atom stereocenters. The molecule has 1 heterocycles. The Bertz CT molecular complexity index is 597. The van der Waals surface area contributed by atoms with Crippen molar-refractivity contribution in [2.24, 2.45) is 7.05 Å². The number of nitrogens with one attached hydrogen (secondary N) is 1. The van der Waals surface area contributed by atoms with Gasteiger partial charge in [-0.25, -0.2) is 4.98 Å². The molecule has 1 aromatic heterocycles. The Morgan fingerprint density at radius 1 is 1.36 bits per heavy atom. The second-order valence-corrected chi connectivity index (χ2v) is 6.25. The summed E-state index contributed by atoms with van der Waals surface area (Å²) in [6.07, 6.45) is 3.61. The van der Waals surface area contributed by atoms with Crippen LogP contribution in [0.3, 0.4) is 0 Å². The van der Waals surface area contributed by atoms with E-state index in [1.165, 1.54) is 17.3 Å². The van der Waals surface area contributed by atoms with E-state index in [1.54, 1.807) is 6.20 Å². The van der Waals surface area contributed by atoms with Crippen LogP contribution in [0.25, 0.3) is 0 Å². The summed E-state index contributed by atoms with van der Waals surface area (Å²) in [5, 5.41) is 3.86. The predicted molar refractivity (Wildman–Crippen MR) is 89.8 cm³/mol. The molecular formula is C16H22N4OS. The van der Waals surface area contributed by atoms with Crippen LogP contribution in [0.5, 0.6) is 0 Å². The van der Waals surface area contributed by atoms with Gasteiger partial charge < -0.3 is 14.8 Å². The van der Waals surface area contributed by atoms with E-state index in [9.17, 15) is 4.79 Å². The van der Waals surface area contributed by atoms with E-state index in [1.807, 2.05) is 50.1 Å². The number of hydrogen-bond acceptors (Lipinski definition) is 4. The third kappa shape index (κ3) is 4.61. The summed E-state index contributed by atoms with van der Waals surface area (Å²) in [5.74, 6) is 0.399. The zero-order valence-corrected chi connectivity index (χ0v) is 14.0. The van der Waals surface area contributed by atoms with Crippen LogP contribution in [-0.4, -0.2) is 46.8 Å². The minimum Gasteiger partial charge on any atom is -0.353 e. The first-order valence-electron chi connectivity index (χ1n) is 7.16. The number of amides is 1. The van der Waals surface area contributed by atoms with Crippen molar-refractivity contribution < 1.29 is 4.79 Å². The SMILES string of the molecule is CN(C)C(CNC(=O)CSc1nccn1C)c1ccccc1. The molecule has 2 rings (SSSR count). The van der Waals surface area contributed by atoms with Crippen LogP contribution in [0.15, 0.2) is 47.9 Å². The number of hydrogen-bond donors (Lipinski definition) is 1. The van der Waals surface area contributed by atoms with Crippen molar-refractivity contribution in [1.29, 1.82) is 0 Å². The minimum atomic E-state index is 0.0239. The Kier molecular flexibility index (Phi) is 6.03. The molecule has 0 aliphatic carbocycles. The molecule has 0 fully saturated rings. The summed E-state index contributed by atoms with van der Waals surface area (Å²) in [6.45, 7) is 0.594. The monoisotopic (exact) mass is 318 g/mol. The molecule has 0 radical (unpaired) electrons. The molecule has 0 aliphatic heterocycles. The first-order chi connectivity index (χ1) is 10.6. The number of likely N-dealkylation sites (N-methyl/N-ethyl adjacent to an activating group) is 1. The maximum absolute atomic E-state index is 12.0. The van der Waals surface area contributed by atoms with Crippen molar-refractivity contribution in [3.05, 3.63) is 48.3 Å². The molecule has 1 amide bonds. The van der Waals surface area contributed by atoms with Crippen molar-refractivity contribution >= 4 is 17.7 Å². The fourth-order valence-electron chi connectivity index (χ4n) is 2.16. The van der Waals surface area contributed by atoms with Crippen LogP contribution in [0.2, 0.25) is 0 Å². The Labute approximate surface area is 135 Å². The molecule has 5 nitrogen and oxygen atoms in total. The second kappa shape index (κ2) is 8.00. The van der Waals surface area contributed by atoms with Gasteiger partial charge in [-0.1, -0.05) is 42.1 Å². The fraction of sp³-hybridized carbons (Fsp3) is 0.375. The lowest BCUT2D eigenvalue weighted by atomic mass is 10.1. The van der Waals surface area contributed by atoms with Gasteiger partial charge in [0.05, 0.1) is 11.8 Å². The van der Waals surface area contributed by atoms with Gasteiger partial charge in [0.2, 0.25) is 5.91 Å². The summed E-state index contributed by atoms with van der Waals surface area (Å²) >= 11 is 1.44. The van der Waals surface area contributed by atoms with Crippen molar-refractivity contribution in [2.75, 3.05) is 26.4 Å². The third-order valence-electron chi connectivity index (χ3n) is 3.41. The zero-order valence-electron chi connectivity index (χ0n) is 13.2. The summed E-state index contributed by atoms with van der Waals surface area (Å²) in [6, 6.07) is 10.4. The molecule has 0 saturated heterocycles. The van der Waals surface area contributed by atoms with Crippen LogP contribution in [0.4, 0.5) is 0 Å². The van der Waals surface area contributed by atoms with Crippen molar-refractivity contribution in [2.45, 2.75) is 11.2 Å². The van der Waals surface area contributed by atoms with E-state index in [-0.39, 0.29) is 11.9 Å². The molecule has 1 N–H and O–H groups in total. The van der Waals surface area contributed by atoms with Gasteiger partial charge in [-0.15, -0.1) is 0 Å². The number of thioether (sulfide) groups is 1. The highest BCUT2D eigenvalue weighted by Crippen LogP contribution is 2.17. The van der Waals surface area contributed by atoms with Gasteiger partial charge in [-0.05, 0) is 19.7 Å². The highest BCUT2D eigenvalue weighted by molar-refractivity contribution is 7.99. The van der Waals surface area contributed by atoms with Crippen LogP contribution < -0.4 is 5.32 Å². The molecule has 2 aromatic rings.